The number of rotatable bonds is 4. The molecule has 2 aromatic rings. The van der Waals surface area contributed by atoms with Crippen LogP contribution < -0.4 is 5.32 Å². The predicted octanol–water partition coefficient (Wildman–Crippen LogP) is 3.18. The van der Waals surface area contributed by atoms with Crippen molar-refractivity contribution < 1.29 is 19.5 Å². The van der Waals surface area contributed by atoms with Crippen LogP contribution in [0.15, 0.2) is 48.5 Å². The maximum Gasteiger partial charge on any atom is 0.336 e. The van der Waals surface area contributed by atoms with Gasteiger partial charge in [-0.25, -0.2) is 4.79 Å². The molecule has 2 N–H and O–H groups in total. The maximum atomic E-state index is 12.6. The second kappa shape index (κ2) is 8.03. The number of carbonyl (C=O) groups excluding carboxylic acids is 2. The molecular formula is C21H22N2O4. The van der Waals surface area contributed by atoms with E-state index in [0.29, 0.717) is 36.3 Å². The fraction of sp³-hybridized carbons (Fsp3) is 0.286. The minimum absolute atomic E-state index is 0.0726. The van der Waals surface area contributed by atoms with E-state index >= 15 is 0 Å². The molecule has 6 heteroatoms. The fourth-order valence-corrected chi connectivity index (χ4v) is 3.31. The number of aromatic carboxylic acids is 1. The number of carboxylic acids is 1. The molecule has 0 bridgehead atoms. The van der Waals surface area contributed by atoms with Crippen LogP contribution in [0, 0.1) is 12.8 Å². The monoisotopic (exact) mass is 366 g/mol. The SMILES string of the molecule is Cc1ccc(NC(=O)C2CCCN(C(=O)c3ccccc3)C2)cc1C(=O)O. The van der Waals surface area contributed by atoms with E-state index in [1.165, 1.54) is 6.07 Å². The molecule has 27 heavy (non-hydrogen) atoms. The minimum atomic E-state index is -1.03. The van der Waals surface area contributed by atoms with Gasteiger partial charge in [0.2, 0.25) is 5.91 Å². The van der Waals surface area contributed by atoms with E-state index in [0.717, 1.165) is 6.42 Å². The van der Waals surface area contributed by atoms with Gasteiger partial charge in [0.05, 0.1) is 11.5 Å². The molecular weight excluding hydrogens is 344 g/mol. The molecule has 0 aliphatic carbocycles. The first-order chi connectivity index (χ1) is 13.0. The van der Waals surface area contributed by atoms with Gasteiger partial charge in [-0.2, -0.15) is 0 Å². The van der Waals surface area contributed by atoms with Crippen LogP contribution in [0.25, 0.3) is 0 Å². The van der Waals surface area contributed by atoms with Crippen LogP contribution in [-0.2, 0) is 4.79 Å². The number of carboxylic acid groups (broad SMARTS) is 1. The van der Waals surface area contributed by atoms with Crippen molar-refractivity contribution in [2.75, 3.05) is 18.4 Å². The average molecular weight is 366 g/mol. The second-order valence-electron chi connectivity index (χ2n) is 6.78. The number of nitrogens with one attached hydrogen (secondary N) is 1. The zero-order valence-corrected chi connectivity index (χ0v) is 15.1. The van der Waals surface area contributed by atoms with Crippen LogP contribution in [0.4, 0.5) is 5.69 Å². The van der Waals surface area contributed by atoms with E-state index in [1.54, 1.807) is 36.1 Å². The van der Waals surface area contributed by atoms with Gasteiger partial charge < -0.3 is 15.3 Å². The van der Waals surface area contributed by atoms with Crippen molar-refractivity contribution in [3.8, 4) is 0 Å². The third-order valence-electron chi connectivity index (χ3n) is 4.84. The zero-order chi connectivity index (χ0) is 19.4. The van der Waals surface area contributed by atoms with Crippen molar-refractivity contribution in [1.82, 2.24) is 4.90 Å². The van der Waals surface area contributed by atoms with Crippen LogP contribution in [0.1, 0.15) is 39.1 Å². The van der Waals surface area contributed by atoms with E-state index in [9.17, 15) is 19.5 Å². The molecule has 1 fully saturated rings. The van der Waals surface area contributed by atoms with Crippen molar-refractivity contribution in [3.63, 3.8) is 0 Å². The Kier molecular flexibility index (Phi) is 5.54. The van der Waals surface area contributed by atoms with E-state index < -0.39 is 5.97 Å². The van der Waals surface area contributed by atoms with Gasteiger partial charge in [-0.05, 0) is 49.6 Å². The summed E-state index contributed by atoms with van der Waals surface area (Å²) >= 11 is 0. The highest BCUT2D eigenvalue weighted by atomic mass is 16.4. The van der Waals surface area contributed by atoms with Crippen LogP contribution in [0.2, 0.25) is 0 Å². The summed E-state index contributed by atoms with van der Waals surface area (Å²) in [5.74, 6) is -1.61. The molecule has 1 heterocycles. The first-order valence-electron chi connectivity index (χ1n) is 8.95. The lowest BCUT2D eigenvalue weighted by Gasteiger charge is -2.32. The fourth-order valence-electron chi connectivity index (χ4n) is 3.31. The molecule has 0 aromatic heterocycles. The van der Waals surface area contributed by atoms with E-state index in [-0.39, 0.29) is 23.3 Å². The van der Waals surface area contributed by atoms with Crippen LogP contribution in [0.3, 0.4) is 0 Å². The number of anilines is 1. The maximum absolute atomic E-state index is 12.6. The summed E-state index contributed by atoms with van der Waals surface area (Å²) < 4.78 is 0. The van der Waals surface area contributed by atoms with Gasteiger partial charge in [0.1, 0.15) is 0 Å². The molecule has 0 saturated carbocycles. The molecule has 140 valence electrons. The lowest BCUT2D eigenvalue weighted by Crippen LogP contribution is -2.43. The Balaban J connectivity index is 1.67. The molecule has 0 spiro atoms. The van der Waals surface area contributed by atoms with Gasteiger partial charge in [0.15, 0.2) is 0 Å². The Morgan fingerprint density at radius 2 is 1.85 bits per heavy atom. The summed E-state index contributed by atoms with van der Waals surface area (Å²) in [6.07, 6.45) is 1.45. The highest BCUT2D eigenvalue weighted by Crippen LogP contribution is 2.22. The van der Waals surface area contributed by atoms with Crippen LogP contribution in [0.5, 0.6) is 0 Å². The standard InChI is InChI=1S/C21H22N2O4/c1-14-9-10-17(12-18(14)21(26)27)22-19(24)16-8-5-11-23(13-16)20(25)15-6-3-2-4-7-15/h2-4,6-7,9-10,12,16H,5,8,11,13H2,1H3,(H,22,24)(H,26,27). The number of aryl methyl sites for hydroxylation is 1. The van der Waals surface area contributed by atoms with E-state index in [1.807, 2.05) is 18.2 Å². The van der Waals surface area contributed by atoms with Crippen molar-refractivity contribution in [2.24, 2.45) is 5.92 Å². The Labute approximate surface area is 157 Å². The molecule has 3 rings (SSSR count). The summed E-state index contributed by atoms with van der Waals surface area (Å²) in [6, 6.07) is 13.9. The molecule has 1 atom stereocenters. The summed E-state index contributed by atoms with van der Waals surface area (Å²) in [4.78, 5) is 38.2. The summed E-state index contributed by atoms with van der Waals surface area (Å²) in [5.41, 5.74) is 1.87. The first kappa shape index (κ1) is 18.6. The van der Waals surface area contributed by atoms with Gasteiger partial charge in [-0.1, -0.05) is 24.3 Å². The lowest BCUT2D eigenvalue weighted by atomic mass is 9.96. The zero-order valence-electron chi connectivity index (χ0n) is 15.1. The molecule has 1 aliphatic heterocycles. The lowest BCUT2D eigenvalue weighted by molar-refractivity contribution is -0.121. The number of hydrogen-bond acceptors (Lipinski definition) is 3. The summed E-state index contributed by atoms with van der Waals surface area (Å²) in [5, 5.41) is 12.0. The molecule has 6 nitrogen and oxygen atoms in total. The van der Waals surface area contributed by atoms with Gasteiger partial charge in [-0.15, -0.1) is 0 Å². The number of benzene rings is 2. The minimum Gasteiger partial charge on any atom is -0.478 e. The number of piperidine rings is 1. The van der Waals surface area contributed by atoms with Crippen molar-refractivity contribution >= 4 is 23.5 Å². The Bertz CT molecular complexity index is 864. The molecule has 2 amide bonds. The predicted molar refractivity (Wildman–Crippen MR) is 102 cm³/mol. The normalized spacial score (nSPS) is 16.6. The van der Waals surface area contributed by atoms with Gasteiger partial charge in [-0.3, -0.25) is 9.59 Å². The smallest absolute Gasteiger partial charge is 0.336 e. The van der Waals surface area contributed by atoms with Gasteiger partial charge in [0, 0.05) is 24.3 Å². The third kappa shape index (κ3) is 4.34. The highest BCUT2D eigenvalue weighted by Gasteiger charge is 2.29. The number of likely N-dealkylation sites (tertiary alicyclic amines) is 1. The molecule has 1 aliphatic rings. The number of hydrogen-bond donors (Lipinski definition) is 2. The Morgan fingerprint density at radius 1 is 1.11 bits per heavy atom. The van der Waals surface area contributed by atoms with Gasteiger partial charge in [0.25, 0.3) is 5.91 Å². The molecule has 0 radical (unpaired) electrons. The second-order valence-corrected chi connectivity index (χ2v) is 6.78. The van der Waals surface area contributed by atoms with Crippen LogP contribution in [-0.4, -0.2) is 40.9 Å². The summed E-state index contributed by atoms with van der Waals surface area (Å²) in [7, 11) is 0. The quantitative estimate of drug-likeness (QED) is 0.870. The third-order valence-corrected chi connectivity index (χ3v) is 4.84. The van der Waals surface area contributed by atoms with E-state index in [2.05, 4.69) is 5.32 Å². The largest absolute Gasteiger partial charge is 0.478 e. The molecule has 2 aromatic carbocycles. The Morgan fingerprint density at radius 3 is 2.56 bits per heavy atom. The average Bonchev–Trinajstić information content (AvgIpc) is 2.69. The number of nitrogens with zero attached hydrogens (tertiary/aromatic N) is 1. The van der Waals surface area contributed by atoms with Crippen LogP contribution >= 0.6 is 0 Å². The van der Waals surface area contributed by atoms with Crippen molar-refractivity contribution in [1.29, 1.82) is 0 Å². The van der Waals surface area contributed by atoms with Crippen molar-refractivity contribution in [2.45, 2.75) is 19.8 Å². The molecule has 1 unspecified atom stereocenters. The highest BCUT2D eigenvalue weighted by molar-refractivity contribution is 5.97. The first-order valence-corrected chi connectivity index (χ1v) is 8.95. The van der Waals surface area contributed by atoms with Crippen molar-refractivity contribution in [3.05, 3.63) is 65.2 Å². The topological polar surface area (TPSA) is 86.7 Å². The van der Waals surface area contributed by atoms with Gasteiger partial charge >= 0.3 is 5.97 Å². The Hall–Kier alpha value is -3.15. The number of carbonyl (C=O) groups is 3. The molecule has 1 saturated heterocycles. The summed E-state index contributed by atoms with van der Waals surface area (Å²) in [6.45, 7) is 2.70. The number of amides is 2. The van der Waals surface area contributed by atoms with E-state index in [4.69, 9.17) is 0 Å².